The smallest absolute Gasteiger partial charge is 0.277 e. The van der Waals surface area contributed by atoms with E-state index in [0.29, 0.717) is 22.9 Å². The molecule has 6 heteroatoms. The number of hydrogen-bond donors (Lipinski definition) is 3. The van der Waals surface area contributed by atoms with Gasteiger partial charge < -0.3 is 15.2 Å². The van der Waals surface area contributed by atoms with Gasteiger partial charge in [0.05, 0.1) is 11.4 Å². The van der Waals surface area contributed by atoms with Crippen LogP contribution in [-0.4, -0.2) is 24.7 Å². The van der Waals surface area contributed by atoms with Crippen molar-refractivity contribution in [2.45, 2.75) is 6.92 Å². The first-order valence-corrected chi connectivity index (χ1v) is 7.74. The Morgan fingerprint density at radius 1 is 0.920 bits per heavy atom. The molecule has 0 amide bonds. The van der Waals surface area contributed by atoms with Crippen molar-refractivity contribution in [2.24, 2.45) is 0 Å². The molecule has 0 saturated heterocycles. The largest absolute Gasteiger partial charge is 0.508 e. The molecule has 0 bridgehead atoms. The molecule has 0 fully saturated rings. The van der Waals surface area contributed by atoms with Gasteiger partial charge in [0, 0.05) is 11.8 Å². The molecule has 0 aromatic heterocycles. The van der Waals surface area contributed by atoms with Gasteiger partial charge in [0.1, 0.15) is 17.2 Å². The van der Waals surface area contributed by atoms with Gasteiger partial charge in [-0.05, 0) is 61.0 Å². The molecule has 6 nitrogen and oxygen atoms in total. The molecule has 2 aromatic rings. The SMILES string of the molecule is Cc1nc2c(-c3ccc(O)cc3)[nH]c(-c3ccc(O)cc3)cn-2c1=O. The molecule has 0 aliphatic carbocycles. The second kappa shape index (κ2) is 5.52. The van der Waals surface area contributed by atoms with Gasteiger partial charge in [-0.3, -0.25) is 9.36 Å². The number of hydrogen-bond acceptors (Lipinski definition) is 4. The number of imidazole rings is 1. The van der Waals surface area contributed by atoms with Gasteiger partial charge in [0.25, 0.3) is 5.56 Å². The highest BCUT2D eigenvalue weighted by molar-refractivity contribution is 5.72. The van der Waals surface area contributed by atoms with Crippen molar-refractivity contribution in [1.82, 2.24) is 14.5 Å². The summed E-state index contributed by atoms with van der Waals surface area (Å²) in [6.45, 7) is 1.68. The number of aromatic hydroxyl groups is 2. The van der Waals surface area contributed by atoms with E-state index in [1.54, 1.807) is 61.7 Å². The standard InChI is InChI=1S/C19H15N3O3/c1-11-19(25)22-10-16(12-2-6-14(23)7-3-12)21-17(18(22)20-11)13-4-8-15(24)9-5-13/h2-10,21,23-24H,1H3. The molecule has 2 aliphatic rings. The molecule has 3 N–H and O–H groups in total. The maximum absolute atomic E-state index is 12.4. The van der Waals surface area contributed by atoms with Gasteiger partial charge in [-0.2, -0.15) is 0 Å². The zero-order valence-corrected chi connectivity index (χ0v) is 13.4. The molecule has 4 rings (SSSR count). The Kier molecular flexibility index (Phi) is 3.32. The lowest BCUT2D eigenvalue weighted by molar-refractivity contribution is 0.475. The lowest BCUT2D eigenvalue weighted by Gasteiger charge is -2.13. The van der Waals surface area contributed by atoms with Crippen molar-refractivity contribution in [3.05, 3.63) is 70.8 Å². The summed E-state index contributed by atoms with van der Waals surface area (Å²) in [4.78, 5) is 20.1. The highest BCUT2D eigenvalue weighted by Gasteiger charge is 2.19. The Balaban J connectivity index is 2.00. The minimum absolute atomic E-state index is 0.165. The first-order valence-electron chi connectivity index (χ1n) is 7.74. The molecule has 0 saturated carbocycles. The second-order valence-electron chi connectivity index (χ2n) is 5.83. The van der Waals surface area contributed by atoms with E-state index in [4.69, 9.17) is 0 Å². The third-order valence-corrected chi connectivity index (χ3v) is 4.11. The maximum Gasteiger partial charge on any atom is 0.277 e. The monoisotopic (exact) mass is 333 g/mol. The van der Waals surface area contributed by atoms with Gasteiger partial charge in [0.2, 0.25) is 0 Å². The number of benzene rings is 2. The van der Waals surface area contributed by atoms with Crippen molar-refractivity contribution in [1.29, 1.82) is 0 Å². The Labute approximate surface area is 143 Å². The summed E-state index contributed by atoms with van der Waals surface area (Å²) in [6.07, 6.45) is 1.70. The zero-order valence-electron chi connectivity index (χ0n) is 13.4. The number of rotatable bonds is 2. The van der Waals surface area contributed by atoms with Crippen LogP contribution in [0, 0.1) is 6.92 Å². The number of aryl methyl sites for hydroxylation is 1. The van der Waals surface area contributed by atoms with Crippen LogP contribution in [0.5, 0.6) is 11.5 Å². The summed E-state index contributed by atoms with van der Waals surface area (Å²) in [5.74, 6) is 0.862. The average Bonchev–Trinajstić information content (AvgIpc) is 2.90. The second-order valence-corrected chi connectivity index (χ2v) is 5.83. The fourth-order valence-corrected chi connectivity index (χ4v) is 2.80. The number of nitrogens with one attached hydrogen (secondary N) is 1. The predicted octanol–water partition coefficient (Wildman–Crippen LogP) is 3.05. The maximum atomic E-state index is 12.4. The van der Waals surface area contributed by atoms with Crippen LogP contribution in [0.25, 0.3) is 28.3 Å². The van der Waals surface area contributed by atoms with Crippen LogP contribution in [-0.2, 0) is 0 Å². The first kappa shape index (κ1) is 15.0. The molecule has 0 radical (unpaired) electrons. The number of H-pyrrole nitrogens is 1. The minimum Gasteiger partial charge on any atom is -0.508 e. The van der Waals surface area contributed by atoms with Gasteiger partial charge in [-0.25, -0.2) is 4.98 Å². The Bertz CT molecular complexity index is 1080. The van der Waals surface area contributed by atoms with E-state index in [9.17, 15) is 15.0 Å². The van der Waals surface area contributed by atoms with Crippen LogP contribution in [0.2, 0.25) is 0 Å². The average molecular weight is 333 g/mol. The molecule has 2 aliphatic heterocycles. The Hall–Kier alpha value is -3.54. The van der Waals surface area contributed by atoms with E-state index in [0.717, 1.165) is 11.1 Å². The lowest BCUT2D eigenvalue weighted by atomic mass is 10.1. The zero-order chi connectivity index (χ0) is 17.6. The molecular weight excluding hydrogens is 318 g/mol. The molecular formula is C19H15N3O3. The first-order chi connectivity index (χ1) is 12.0. The number of fused-ring (bicyclic) bond motifs is 1. The van der Waals surface area contributed by atoms with Crippen LogP contribution in [0.4, 0.5) is 0 Å². The Morgan fingerprint density at radius 2 is 1.48 bits per heavy atom. The van der Waals surface area contributed by atoms with Crippen molar-refractivity contribution >= 4 is 0 Å². The van der Waals surface area contributed by atoms with E-state index < -0.39 is 0 Å². The predicted molar refractivity (Wildman–Crippen MR) is 94.3 cm³/mol. The fraction of sp³-hybridized carbons (Fsp3) is 0.0526. The van der Waals surface area contributed by atoms with Gasteiger partial charge in [-0.15, -0.1) is 0 Å². The van der Waals surface area contributed by atoms with E-state index >= 15 is 0 Å². The summed E-state index contributed by atoms with van der Waals surface area (Å²) in [5, 5.41) is 19.0. The van der Waals surface area contributed by atoms with Gasteiger partial charge in [-0.1, -0.05) is 0 Å². The highest BCUT2D eigenvalue weighted by Crippen LogP contribution is 2.29. The number of phenols is 2. The fourth-order valence-electron chi connectivity index (χ4n) is 2.80. The number of aromatic amines is 1. The molecule has 0 spiro atoms. The molecule has 2 heterocycles. The summed E-state index contributed by atoms with van der Waals surface area (Å²) >= 11 is 0. The Morgan fingerprint density at radius 3 is 2.08 bits per heavy atom. The van der Waals surface area contributed by atoms with Crippen molar-refractivity contribution in [2.75, 3.05) is 0 Å². The van der Waals surface area contributed by atoms with Gasteiger partial charge >= 0.3 is 0 Å². The van der Waals surface area contributed by atoms with Crippen LogP contribution in [0.15, 0.2) is 59.5 Å². The topological polar surface area (TPSA) is 91.1 Å². The third-order valence-electron chi connectivity index (χ3n) is 4.11. The molecule has 25 heavy (non-hydrogen) atoms. The summed E-state index contributed by atoms with van der Waals surface area (Å²) < 4.78 is 1.51. The third kappa shape index (κ3) is 2.53. The van der Waals surface area contributed by atoms with Crippen LogP contribution >= 0.6 is 0 Å². The highest BCUT2D eigenvalue weighted by atomic mass is 16.3. The van der Waals surface area contributed by atoms with Crippen LogP contribution in [0.1, 0.15) is 5.69 Å². The molecule has 124 valence electrons. The summed E-state index contributed by atoms with van der Waals surface area (Å²) in [5.41, 5.74) is 3.25. The van der Waals surface area contributed by atoms with E-state index in [-0.39, 0.29) is 17.1 Å². The van der Waals surface area contributed by atoms with Gasteiger partial charge in [0.15, 0.2) is 5.82 Å². The molecule has 0 atom stereocenters. The van der Waals surface area contributed by atoms with E-state index in [1.165, 1.54) is 4.57 Å². The quantitative estimate of drug-likeness (QED) is 0.526. The van der Waals surface area contributed by atoms with Crippen LogP contribution in [0.3, 0.4) is 0 Å². The number of aromatic nitrogens is 3. The molecule has 2 aromatic carbocycles. The minimum atomic E-state index is -0.177. The van der Waals surface area contributed by atoms with Crippen LogP contribution < -0.4 is 5.56 Å². The lowest BCUT2D eigenvalue weighted by Crippen LogP contribution is -2.15. The van der Waals surface area contributed by atoms with E-state index in [2.05, 4.69) is 9.97 Å². The summed E-state index contributed by atoms with van der Waals surface area (Å²) in [7, 11) is 0. The van der Waals surface area contributed by atoms with Crippen molar-refractivity contribution in [3.8, 4) is 39.8 Å². The van der Waals surface area contributed by atoms with Crippen molar-refractivity contribution in [3.63, 3.8) is 0 Å². The number of nitrogens with zero attached hydrogens (tertiary/aromatic N) is 2. The van der Waals surface area contributed by atoms with E-state index in [1.807, 2.05) is 0 Å². The van der Waals surface area contributed by atoms with Crippen molar-refractivity contribution < 1.29 is 10.2 Å². The summed E-state index contributed by atoms with van der Waals surface area (Å²) in [6, 6.07) is 13.4. The normalized spacial score (nSPS) is 11.1. The molecule has 0 unspecified atom stereocenters. The number of phenolic OH excluding ortho intramolecular Hbond substituents is 2.